The maximum absolute atomic E-state index is 11.4. The Morgan fingerprint density at radius 3 is 3.00 bits per heavy atom. The standard InChI is InChI=1S/C13H15N5O/c19-9-3-1-8(2-4-9)11-12-10-5-6-14-13(10)15-7-18(12)17-16-11/h5-8,14,16-17H,1-4H2. The molecule has 6 nitrogen and oxygen atoms in total. The van der Waals surface area contributed by atoms with Crippen molar-refractivity contribution < 1.29 is 4.79 Å². The van der Waals surface area contributed by atoms with E-state index >= 15 is 0 Å². The third-order valence-electron chi connectivity index (χ3n) is 4.04. The first kappa shape index (κ1) is 10.8. The second kappa shape index (κ2) is 3.96. The third kappa shape index (κ3) is 1.60. The van der Waals surface area contributed by atoms with Crippen LogP contribution in [-0.2, 0) is 4.79 Å². The number of H-pyrrole nitrogens is 1. The van der Waals surface area contributed by atoms with E-state index in [4.69, 9.17) is 0 Å². The maximum atomic E-state index is 11.4. The Bertz CT molecular complexity index is 590. The summed E-state index contributed by atoms with van der Waals surface area (Å²) in [7, 11) is 0. The van der Waals surface area contributed by atoms with Crippen LogP contribution in [0.5, 0.6) is 0 Å². The first-order chi connectivity index (χ1) is 9.33. The van der Waals surface area contributed by atoms with Crippen LogP contribution in [0.25, 0.3) is 5.70 Å². The van der Waals surface area contributed by atoms with Gasteiger partial charge in [0.2, 0.25) is 0 Å². The summed E-state index contributed by atoms with van der Waals surface area (Å²) in [5.41, 5.74) is 9.78. The number of ketones is 1. The van der Waals surface area contributed by atoms with Crippen LogP contribution in [0.4, 0.5) is 5.82 Å². The normalized spacial score (nSPS) is 22.5. The van der Waals surface area contributed by atoms with Gasteiger partial charge in [0.1, 0.15) is 17.9 Å². The molecular weight excluding hydrogens is 242 g/mol. The number of allylic oxidation sites excluding steroid dienone is 1. The topological polar surface area (TPSA) is 72.5 Å². The number of aromatic amines is 1. The fraction of sp³-hybridized carbons (Fsp3) is 0.385. The van der Waals surface area contributed by atoms with Crippen molar-refractivity contribution in [3.63, 3.8) is 0 Å². The van der Waals surface area contributed by atoms with E-state index in [1.165, 1.54) is 5.70 Å². The molecule has 2 aliphatic heterocycles. The molecule has 1 fully saturated rings. The third-order valence-corrected chi connectivity index (χ3v) is 4.04. The van der Waals surface area contributed by atoms with Crippen LogP contribution in [0.3, 0.4) is 0 Å². The van der Waals surface area contributed by atoms with Gasteiger partial charge >= 0.3 is 0 Å². The zero-order valence-electron chi connectivity index (χ0n) is 10.4. The van der Waals surface area contributed by atoms with E-state index in [1.54, 1.807) is 6.34 Å². The molecule has 1 aromatic rings. The number of nitrogens with one attached hydrogen (secondary N) is 3. The van der Waals surface area contributed by atoms with Crippen molar-refractivity contribution in [1.29, 1.82) is 0 Å². The Kier molecular flexibility index (Phi) is 2.25. The summed E-state index contributed by atoms with van der Waals surface area (Å²) in [4.78, 5) is 18.8. The number of hydrogen-bond donors (Lipinski definition) is 3. The van der Waals surface area contributed by atoms with Crippen molar-refractivity contribution in [1.82, 2.24) is 21.0 Å². The molecule has 1 aliphatic carbocycles. The van der Waals surface area contributed by atoms with Crippen molar-refractivity contribution in [2.24, 2.45) is 10.9 Å². The van der Waals surface area contributed by atoms with Gasteiger partial charge in [0, 0.05) is 30.5 Å². The number of rotatable bonds is 1. The van der Waals surface area contributed by atoms with Crippen LogP contribution in [-0.4, -0.2) is 22.1 Å². The van der Waals surface area contributed by atoms with E-state index in [-0.39, 0.29) is 0 Å². The summed E-state index contributed by atoms with van der Waals surface area (Å²) < 4.78 is 0. The van der Waals surface area contributed by atoms with Crippen LogP contribution in [0.15, 0.2) is 23.0 Å². The minimum absolute atomic E-state index is 0.386. The summed E-state index contributed by atoms with van der Waals surface area (Å²) in [6, 6.07) is 2.04. The van der Waals surface area contributed by atoms with Gasteiger partial charge < -0.3 is 10.4 Å². The lowest BCUT2D eigenvalue weighted by atomic mass is 9.85. The highest BCUT2D eigenvalue weighted by atomic mass is 16.1. The fourth-order valence-corrected chi connectivity index (χ4v) is 3.02. The second-order valence-electron chi connectivity index (χ2n) is 5.17. The lowest BCUT2D eigenvalue weighted by molar-refractivity contribution is -0.120. The zero-order valence-corrected chi connectivity index (χ0v) is 10.4. The highest BCUT2D eigenvalue weighted by Crippen LogP contribution is 2.38. The summed E-state index contributed by atoms with van der Waals surface area (Å²) in [6.45, 7) is 0. The predicted octanol–water partition coefficient (Wildman–Crippen LogP) is 1.44. The summed E-state index contributed by atoms with van der Waals surface area (Å²) in [5, 5.41) is 1.90. The SMILES string of the molecule is O=C1CCC(C2=C3c4cc[nH]c4N=CN3NN2)CC1. The predicted molar refractivity (Wildman–Crippen MR) is 70.9 cm³/mol. The number of fused-ring (bicyclic) bond motifs is 3. The molecule has 0 bridgehead atoms. The highest BCUT2D eigenvalue weighted by Gasteiger charge is 2.33. The number of hydrazine groups is 2. The van der Waals surface area contributed by atoms with Gasteiger partial charge in [-0.2, -0.15) is 0 Å². The van der Waals surface area contributed by atoms with Gasteiger partial charge in [-0.3, -0.25) is 4.79 Å². The minimum atomic E-state index is 0.386. The number of carbonyl (C=O) groups is 1. The Morgan fingerprint density at radius 2 is 2.16 bits per heavy atom. The Morgan fingerprint density at radius 1 is 1.32 bits per heavy atom. The molecule has 98 valence electrons. The van der Waals surface area contributed by atoms with Gasteiger partial charge in [0.15, 0.2) is 0 Å². The summed E-state index contributed by atoms with van der Waals surface area (Å²) in [6.07, 6.45) is 6.91. The Labute approximate surface area is 110 Å². The first-order valence-corrected chi connectivity index (χ1v) is 6.61. The Balaban J connectivity index is 1.74. The maximum Gasteiger partial charge on any atom is 0.141 e. The molecule has 1 saturated carbocycles. The molecule has 0 unspecified atom stereocenters. The molecule has 3 N–H and O–H groups in total. The monoisotopic (exact) mass is 257 g/mol. The smallest absolute Gasteiger partial charge is 0.141 e. The molecule has 0 spiro atoms. The molecule has 6 heteroatoms. The quantitative estimate of drug-likeness (QED) is 0.712. The van der Waals surface area contributed by atoms with Crippen LogP contribution >= 0.6 is 0 Å². The molecule has 0 saturated heterocycles. The number of aromatic nitrogens is 1. The molecule has 3 heterocycles. The van der Waals surface area contributed by atoms with E-state index in [1.807, 2.05) is 17.3 Å². The van der Waals surface area contributed by atoms with E-state index in [2.05, 4.69) is 20.9 Å². The molecule has 4 rings (SSSR count). The van der Waals surface area contributed by atoms with Crippen LogP contribution in [0.1, 0.15) is 31.2 Å². The van der Waals surface area contributed by atoms with E-state index in [0.29, 0.717) is 24.5 Å². The van der Waals surface area contributed by atoms with Gasteiger partial charge in [-0.1, -0.05) is 0 Å². The molecule has 0 radical (unpaired) electrons. The number of Topliss-reactive ketones (excluding diaryl/α,β-unsaturated/α-hetero) is 1. The van der Waals surface area contributed by atoms with Crippen molar-refractivity contribution in [3.05, 3.63) is 23.5 Å². The summed E-state index contributed by atoms with van der Waals surface area (Å²) in [5.74, 6) is 1.69. The number of hydrogen-bond acceptors (Lipinski definition) is 5. The average Bonchev–Trinajstić information content (AvgIpc) is 3.04. The largest absolute Gasteiger partial charge is 0.346 e. The lowest BCUT2D eigenvalue weighted by Crippen LogP contribution is -2.38. The molecular formula is C13H15N5O. The lowest BCUT2D eigenvalue weighted by Gasteiger charge is -2.23. The van der Waals surface area contributed by atoms with Gasteiger partial charge in [-0.25, -0.2) is 10.0 Å². The molecule has 0 aromatic carbocycles. The van der Waals surface area contributed by atoms with Crippen molar-refractivity contribution in [2.45, 2.75) is 25.7 Å². The highest BCUT2D eigenvalue weighted by molar-refractivity contribution is 5.88. The van der Waals surface area contributed by atoms with Gasteiger partial charge in [-0.05, 0) is 18.9 Å². The number of aliphatic imine (C=N–C) groups is 1. The fourth-order valence-electron chi connectivity index (χ4n) is 3.02. The van der Waals surface area contributed by atoms with Crippen molar-refractivity contribution >= 4 is 23.6 Å². The van der Waals surface area contributed by atoms with E-state index in [9.17, 15) is 4.79 Å². The van der Waals surface area contributed by atoms with Crippen molar-refractivity contribution in [2.75, 3.05) is 0 Å². The van der Waals surface area contributed by atoms with E-state index in [0.717, 1.165) is 29.9 Å². The first-order valence-electron chi connectivity index (χ1n) is 6.61. The van der Waals surface area contributed by atoms with E-state index < -0.39 is 0 Å². The molecule has 0 amide bonds. The van der Waals surface area contributed by atoms with Gasteiger partial charge in [0.25, 0.3) is 0 Å². The van der Waals surface area contributed by atoms with Gasteiger partial charge in [-0.15, -0.1) is 5.53 Å². The van der Waals surface area contributed by atoms with Crippen molar-refractivity contribution in [3.8, 4) is 0 Å². The van der Waals surface area contributed by atoms with Crippen LogP contribution in [0.2, 0.25) is 0 Å². The summed E-state index contributed by atoms with van der Waals surface area (Å²) >= 11 is 0. The Hall–Kier alpha value is -2.08. The number of nitrogens with zero attached hydrogens (tertiary/aromatic N) is 2. The van der Waals surface area contributed by atoms with Crippen LogP contribution < -0.4 is 11.0 Å². The minimum Gasteiger partial charge on any atom is -0.346 e. The second-order valence-corrected chi connectivity index (χ2v) is 5.17. The van der Waals surface area contributed by atoms with Gasteiger partial charge in [0.05, 0.1) is 11.4 Å². The average molecular weight is 257 g/mol. The molecule has 0 atom stereocenters. The zero-order chi connectivity index (χ0) is 12.8. The molecule has 1 aromatic heterocycles. The van der Waals surface area contributed by atoms with Crippen LogP contribution in [0, 0.1) is 5.92 Å². The number of carbonyl (C=O) groups excluding carboxylic acids is 1. The molecule has 19 heavy (non-hydrogen) atoms. The molecule has 3 aliphatic rings.